The Balaban J connectivity index is 1.71. The van der Waals surface area contributed by atoms with Gasteiger partial charge in [-0.2, -0.15) is 0 Å². The van der Waals surface area contributed by atoms with Crippen LogP contribution in [0.5, 0.6) is 0 Å². The first-order valence-corrected chi connectivity index (χ1v) is 16.1. The van der Waals surface area contributed by atoms with Crippen LogP contribution < -0.4 is 11.1 Å². The molecular formula is C26H12F9IO7S. The van der Waals surface area contributed by atoms with E-state index in [9.17, 15) is 57.5 Å². The molecule has 0 N–H and O–H groups in total. The van der Waals surface area contributed by atoms with Gasteiger partial charge in [0.2, 0.25) is 0 Å². The molecule has 0 amide bonds. The summed E-state index contributed by atoms with van der Waals surface area (Å²) in [6, 6.07) is 14.3. The third-order valence-corrected chi connectivity index (χ3v) is 13.4. The maximum atomic E-state index is 14.7. The number of fused-ring (bicyclic) bond motifs is 3. The van der Waals surface area contributed by atoms with Gasteiger partial charge in [0.05, 0.1) is 0 Å². The van der Waals surface area contributed by atoms with Crippen LogP contribution in [-0.4, -0.2) is 31.7 Å². The average Bonchev–Trinajstić information content (AvgIpc) is 2.94. The standard InChI is InChI=1S/C26H12F9IO7S/c27-23(28,25(31,32)33)24(29,30)26(34,35)44(39,40)43-36(15-7-5-13-6-10-21(37)42-20(13)12-15)14-8-9-19-17(11-14)22(38)16-3-1-2-4-18(16)41-19/h1-12H. The van der Waals surface area contributed by atoms with Gasteiger partial charge in [0.25, 0.3) is 0 Å². The Morgan fingerprint density at radius 3 is 1.91 bits per heavy atom. The fourth-order valence-corrected chi connectivity index (χ4v) is 10.9. The van der Waals surface area contributed by atoms with Gasteiger partial charge in [-0.3, -0.25) is 0 Å². The van der Waals surface area contributed by atoms with E-state index in [0.29, 0.717) is 0 Å². The van der Waals surface area contributed by atoms with Gasteiger partial charge in [0, 0.05) is 0 Å². The normalized spacial score (nSPS) is 14.0. The molecule has 0 aliphatic rings. The van der Waals surface area contributed by atoms with Crippen LogP contribution >= 0.6 is 20.2 Å². The molecule has 0 aliphatic carbocycles. The molecule has 0 radical (unpaired) electrons. The zero-order valence-electron chi connectivity index (χ0n) is 21.0. The SMILES string of the molecule is O=c1ccc2ccc(I(OS(=O)(=O)C(F)(F)C(F)(F)C(F)(F)C(F)(F)F)c3ccc4oc5ccccc5c(=O)c4c3)cc2o1. The number of hydrogen-bond acceptors (Lipinski definition) is 7. The van der Waals surface area contributed by atoms with Gasteiger partial charge in [-0.05, 0) is 0 Å². The summed E-state index contributed by atoms with van der Waals surface area (Å²) in [6.45, 7) is 0. The first-order valence-electron chi connectivity index (χ1n) is 11.6. The van der Waals surface area contributed by atoms with E-state index in [2.05, 4.69) is 2.51 Å². The second-order valence-corrected chi connectivity index (χ2v) is 15.5. The van der Waals surface area contributed by atoms with Crippen LogP contribution in [0.2, 0.25) is 0 Å². The van der Waals surface area contributed by atoms with Gasteiger partial charge in [-0.1, -0.05) is 0 Å². The first-order chi connectivity index (χ1) is 20.3. The van der Waals surface area contributed by atoms with Crippen molar-refractivity contribution in [2.24, 2.45) is 0 Å². The third-order valence-electron chi connectivity index (χ3n) is 6.10. The fourth-order valence-electron chi connectivity index (χ4n) is 3.86. The van der Waals surface area contributed by atoms with Crippen molar-refractivity contribution in [2.75, 3.05) is 0 Å². The van der Waals surface area contributed by atoms with Crippen molar-refractivity contribution < 1.29 is 59.3 Å². The van der Waals surface area contributed by atoms with Crippen LogP contribution in [0.1, 0.15) is 0 Å². The molecule has 5 aromatic rings. The number of rotatable bonds is 7. The van der Waals surface area contributed by atoms with Crippen molar-refractivity contribution in [2.45, 2.75) is 23.3 Å². The maximum absolute atomic E-state index is 14.7. The molecule has 0 unspecified atom stereocenters. The summed E-state index contributed by atoms with van der Waals surface area (Å²) >= 11 is -4.67. The molecule has 0 saturated carbocycles. The predicted molar refractivity (Wildman–Crippen MR) is 145 cm³/mol. The van der Waals surface area contributed by atoms with Gasteiger partial charge in [0.15, 0.2) is 0 Å². The second kappa shape index (κ2) is 10.5. The molecule has 44 heavy (non-hydrogen) atoms. The molecule has 0 fully saturated rings. The van der Waals surface area contributed by atoms with Gasteiger partial charge in [-0.25, -0.2) is 0 Å². The van der Waals surface area contributed by atoms with Crippen molar-refractivity contribution in [1.82, 2.24) is 0 Å². The summed E-state index contributed by atoms with van der Waals surface area (Å²) < 4.78 is 162. The second-order valence-electron chi connectivity index (χ2n) is 8.93. The minimum absolute atomic E-state index is 0.0269. The third kappa shape index (κ3) is 5.01. The molecule has 0 saturated heterocycles. The van der Waals surface area contributed by atoms with Crippen LogP contribution in [0.4, 0.5) is 39.5 Å². The van der Waals surface area contributed by atoms with Gasteiger partial charge < -0.3 is 0 Å². The molecule has 234 valence electrons. The van der Waals surface area contributed by atoms with Gasteiger partial charge >= 0.3 is 246 Å². The van der Waals surface area contributed by atoms with Gasteiger partial charge in [0.1, 0.15) is 0 Å². The van der Waals surface area contributed by atoms with Crippen LogP contribution in [0, 0.1) is 7.14 Å². The van der Waals surface area contributed by atoms with Crippen molar-refractivity contribution in [3.8, 4) is 0 Å². The molecule has 0 atom stereocenters. The molecule has 3 aromatic carbocycles. The quantitative estimate of drug-likeness (QED) is 0.0743. The van der Waals surface area contributed by atoms with E-state index < -0.39 is 68.3 Å². The molecule has 0 bridgehead atoms. The van der Waals surface area contributed by atoms with E-state index in [0.717, 1.165) is 36.4 Å². The minimum atomic E-state index is -7.53. The monoisotopic (exact) mass is 766 g/mol. The van der Waals surface area contributed by atoms with Crippen molar-refractivity contribution in [3.05, 3.63) is 101 Å². The van der Waals surface area contributed by atoms with Crippen LogP contribution in [0.15, 0.2) is 91.2 Å². The topological polar surface area (TPSA) is 104 Å². The number of para-hydroxylation sites is 1. The van der Waals surface area contributed by atoms with E-state index >= 15 is 0 Å². The molecule has 2 aromatic heterocycles. The number of benzene rings is 3. The van der Waals surface area contributed by atoms with E-state index in [4.69, 9.17) is 8.83 Å². The van der Waals surface area contributed by atoms with Crippen LogP contribution in [-0.2, 0) is 12.6 Å². The number of hydrogen-bond donors (Lipinski definition) is 0. The molecule has 0 aliphatic heterocycles. The van der Waals surface area contributed by atoms with Crippen molar-refractivity contribution >= 4 is 63.3 Å². The Morgan fingerprint density at radius 1 is 0.636 bits per heavy atom. The summed E-state index contributed by atoms with van der Waals surface area (Å²) in [5, 5.41) is -7.15. The molecular weight excluding hydrogens is 754 g/mol. The Kier molecular flexibility index (Phi) is 7.56. The van der Waals surface area contributed by atoms with Crippen LogP contribution in [0.25, 0.3) is 32.9 Å². The summed E-state index contributed by atoms with van der Waals surface area (Å²) in [7, 11) is -7.30. The summed E-state index contributed by atoms with van der Waals surface area (Å²) in [4.78, 5) is 24.8. The molecule has 0 spiro atoms. The van der Waals surface area contributed by atoms with E-state index in [1.54, 1.807) is 6.07 Å². The molecule has 18 heteroatoms. The summed E-state index contributed by atoms with van der Waals surface area (Å²) in [5.41, 5.74) is -1.86. The van der Waals surface area contributed by atoms with Crippen molar-refractivity contribution in [1.29, 1.82) is 0 Å². The number of alkyl halides is 9. The molecule has 7 nitrogen and oxygen atoms in total. The number of halogens is 10. The Labute approximate surface area is 245 Å². The Bertz CT molecular complexity index is 2160. The van der Waals surface area contributed by atoms with Crippen LogP contribution in [0.3, 0.4) is 0 Å². The Hall–Kier alpha value is -3.65. The zero-order chi connectivity index (χ0) is 32.5. The average molecular weight is 766 g/mol. The summed E-state index contributed by atoms with van der Waals surface area (Å²) in [5.74, 6) is -15.0. The zero-order valence-corrected chi connectivity index (χ0v) is 23.9. The Morgan fingerprint density at radius 2 is 1.23 bits per heavy atom. The molecule has 2 heterocycles. The van der Waals surface area contributed by atoms with E-state index in [-0.39, 0.29) is 36.5 Å². The van der Waals surface area contributed by atoms with Crippen molar-refractivity contribution in [3.63, 3.8) is 0 Å². The van der Waals surface area contributed by atoms with E-state index in [1.165, 1.54) is 30.3 Å². The fraction of sp³-hybridized carbons (Fsp3) is 0.154. The first kappa shape index (κ1) is 31.8. The summed E-state index contributed by atoms with van der Waals surface area (Å²) in [6.07, 6.45) is -7.28. The molecule has 5 rings (SSSR count). The van der Waals surface area contributed by atoms with E-state index in [1.807, 2.05) is 0 Å². The van der Waals surface area contributed by atoms with Gasteiger partial charge in [-0.15, -0.1) is 0 Å². The predicted octanol–water partition coefficient (Wildman–Crippen LogP) is 7.29.